The van der Waals surface area contributed by atoms with E-state index in [4.69, 9.17) is 5.11 Å². The van der Waals surface area contributed by atoms with Crippen LogP contribution in [-0.2, 0) is 19.1 Å². The second-order valence-electron chi connectivity index (χ2n) is 4.11. The van der Waals surface area contributed by atoms with Gasteiger partial charge in [-0.1, -0.05) is 39.0 Å². The molecule has 6 heteroatoms. The molecule has 0 aliphatic rings. The van der Waals surface area contributed by atoms with Crippen molar-refractivity contribution in [2.45, 2.75) is 58.5 Å². The zero-order valence-corrected chi connectivity index (χ0v) is 11.3. The summed E-state index contributed by atoms with van der Waals surface area (Å²) in [7, 11) is -3.83. The Labute approximate surface area is 103 Å². The monoisotopic (exact) mass is 266 g/mol. The van der Waals surface area contributed by atoms with Gasteiger partial charge in [-0.15, -0.1) is 0 Å². The van der Waals surface area contributed by atoms with E-state index in [1.54, 1.807) is 0 Å². The van der Waals surface area contributed by atoms with Gasteiger partial charge < -0.3 is 9.29 Å². The summed E-state index contributed by atoms with van der Waals surface area (Å²) in [5, 5.41) is 8.81. The standard InChI is InChI=1S/C11H22O5S/c1-3-4-5-6-7-8-9-17(14,15)16-11(13)10(2)12/h10,12H,3-9H2,1-2H3. The Morgan fingerprint density at radius 1 is 1.18 bits per heavy atom. The minimum atomic E-state index is -3.83. The fourth-order valence-electron chi connectivity index (χ4n) is 1.30. The zero-order valence-electron chi connectivity index (χ0n) is 10.5. The number of hydrogen-bond donors (Lipinski definition) is 1. The minimum absolute atomic E-state index is 0.169. The summed E-state index contributed by atoms with van der Waals surface area (Å²) >= 11 is 0. The molecule has 0 aromatic carbocycles. The summed E-state index contributed by atoms with van der Waals surface area (Å²) in [6.07, 6.45) is 4.28. The van der Waals surface area contributed by atoms with Crippen molar-refractivity contribution in [2.24, 2.45) is 0 Å². The van der Waals surface area contributed by atoms with Crippen LogP contribution >= 0.6 is 0 Å². The van der Waals surface area contributed by atoms with Gasteiger partial charge in [0.2, 0.25) is 0 Å². The molecule has 0 rings (SSSR count). The van der Waals surface area contributed by atoms with Gasteiger partial charge in [-0.3, -0.25) is 0 Å². The number of aliphatic hydroxyl groups excluding tert-OH is 1. The summed E-state index contributed by atoms with van der Waals surface area (Å²) in [6.45, 7) is 3.28. The molecule has 0 heterocycles. The normalized spacial score (nSPS) is 13.4. The molecule has 1 N–H and O–H groups in total. The number of aliphatic hydroxyl groups is 1. The second kappa shape index (κ2) is 8.47. The Morgan fingerprint density at radius 3 is 2.24 bits per heavy atom. The lowest BCUT2D eigenvalue weighted by Crippen LogP contribution is -2.24. The van der Waals surface area contributed by atoms with Gasteiger partial charge in [0, 0.05) is 0 Å². The van der Waals surface area contributed by atoms with Crippen LogP contribution < -0.4 is 0 Å². The van der Waals surface area contributed by atoms with Crippen LogP contribution in [0.2, 0.25) is 0 Å². The van der Waals surface area contributed by atoms with Gasteiger partial charge in [0.1, 0.15) is 6.10 Å². The van der Waals surface area contributed by atoms with Crippen LogP contribution in [0.4, 0.5) is 0 Å². The highest BCUT2D eigenvalue weighted by molar-refractivity contribution is 7.87. The Hall–Kier alpha value is -0.620. The summed E-state index contributed by atoms with van der Waals surface area (Å²) in [5.41, 5.74) is 0. The topological polar surface area (TPSA) is 80.7 Å². The molecular weight excluding hydrogens is 244 g/mol. The van der Waals surface area contributed by atoms with Crippen LogP contribution in [0.15, 0.2) is 0 Å². The molecule has 17 heavy (non-hydrogen) atoms. The fraction of sp³-hybridized carbons (Fsp3) is 0.909. The van der Waals surface area contributed by atoms with Gasteiger partial charge in [-0.05, 0) is 13.3 Å². The van der Waals surface area contributed by atoms with Crippen LogP contribution in [0.25, 0.3) is 0 Å². The smallest absolute Gasteiger partial charge is 0.350 e. The van der Waals surface area contributed by atoms with Crippen molar-refractivity contribution in [1.29, 1.82) is 0 Å². The third-order valence-corrected chi connectivity index (χ3v) is 3.50. The van der Waals surface area contributed by atoms with Crippen molar-refractivity contribution in [3.8, 4) is 0 Å². The van der Waals surface area contributed by atoms with E-state index in [1.807, 2.05) is 0 Å². The molecule has 0 aromatic rings. The van der Waals surface area contributed by atoms with Gasteiger partial charge in [0.05, 0.1) is 5.75 Å². The predicted molar refractivity (Wildman–Crippen MR) is 64.9 cm³/mol. The first-order valence-electron chi connectivity index (χ1n) is 6.03. The molecule has 1 atom stereocenters. The van der Waals surface area contributed by atoms with E-state index in [2.05, 4.69) is 11.1 Å². The highest BCUT2D eigenvalue weighted by Crippen LogP contribution is 2.07. The molecule has 0 aliphatic carbocycles. The van der Waals surface area contributed by atoms with E-state index in [1.165, 1.54) is 6.92 Å². The first kappa shape index (κ1) is 16.4. The summed E-state index contributed by atoms with van der Waals surface area (Å²) < 4.78 is 26.8. The molecular formula is C11H22O5S. The molecule has 0 aromatic heterocycles. The summed E-state index contributed by atoms with van der Waals surface area (Å²) in [6, 6.07) is 0. The first-order valence-corrected chi connectivity index (χ1v) is 7.61. The maximum atomic E-state index is 11.3. The van der Waals surface area contributed by atoms with Crippen molar-refractivity contribution in [3.05, 3.63) is 0 Å². The van der Waals surface area contributed by atoms with Crippen molar-refractivity contribution in [1.82, 2.24) is 0 Å². The van der Waals surface area contributed by atoms with Gasteiger partial charge in [-0.2, -0.15) is 8.42 Å². The van der Waals surface area contributed by atoms with Gasteiger partial charge in [0.15, 0.2) is 0 Å². The highest BCUT2D eigenvalue weighted by atomic mass is 32.2. The second-order valence-corrected chi connectivity index (χ2v) is 5.80. The predicted octanol–water partition coefficient (Wildman–Crippen LogP) is 1.60. The van der Waals surface area contributed by atoms with Gasteiger partial charge in [0.25, 0.3) is 0 Å². The number of rotatable bonds is 9. The van der Waals surface area contributed by atoms with Gasteiger partial charge in [-0.25, -0.2) is 4.79 Å². The maximum Gasteiger partial charge on any atom is 0.350 e. The number of hydrogen-bond acceptors (Lipinski definition) is 5. The molecule has 1 unspecified atom stereocenters. The summed E-state index contributed by atoms with van der Waals surface area (Å²) in [5.74, 6) is -1.28. The van der Waals surface area contributed by atoms with Crippen LogP contribution in [0, 0.1) is 0 Å². The Balaban J connectivity index is 3.76. The number of unbranched alkanes of at least 4 members (excludes halogenated alkanes) is 5. The van der Waals surface area contributed by atoms with E-state index in [9.17, 15) is 13.2 Å². The van der Waals surface area contributed by atoms with Crippen molar-refractivity contribution in [2.75, 3.05) is 5.75 Å². The molecule has 0 bridgehead atoms. The van der Waals surface area contributed by atoms with E-state index in [0.29, 0.717) is 6.42 Å². The Morgan fingerprint density at radius 2 is 1.71 bits per heavy atom. The lowest BCUT2D eigenvalue weighted by Gasteiger charge is -2.06. The van der Waals surface area contributed by atoms with Crippen LogP contribution in [0.5, 0.6) is 0 Å². The average Bonchev–Trinajstić information content (AvgIpc) is 2.22. The van der Waals surface area contributed by atoms with Gasteiger partial charge >= 0.3 is 16.1 Å². The Bertz CT molecular complexity index is 308. The van der Waals surface area contributed by atoms with Crippen LogP contribution in [0.1, 0.15) is 52.4 Å². The minimum Gasteiger partial charge on any atom is -0.382 e. The molecule has 0 fully saturated rings. The molecule has 102 valence electrons. The molecule has 0 spiro atoms. The number of carbonyl (C=O) groups is 1. The van der Waals surface area contributed by atoms with E-state index in [-0.39, 0.29) is 5.75 Å². The largest absolute Gasteiger partial charge is 0.382 e. The molecule has 5 nitrogen and oxygen atoms in total. The van der Waals surface area contributed by atoms with Crippen LogP contribution in [-0.4, -0.2) is 31.4 Å². The fourth-order valence-corrected chi connectivity index (χ4v) is 2.33. The molecule has 0 aliphatic heterocycles. The maximum absolute atomic E-state index is 11.3. The third-order valence-electron chi connectivity index (χ3n) is 2.30. The number of carbonyl (C=O) groups excluding carboxylic acids is 1. The quantitative estimate of drug-likeness (QED) is 0.506. The first-order chi connectivity index (χ1) is 7.89. The zero-order chi connectivity index (χ0) is 13.3. The molecule has 0 saturated heterocycles. The summed E-state index contributed by atoms with van der Waals surface area (Å²) in [4.78, 5) is 10.9. The average molecular weight is 266 g/mol. The van der Waals surface area contributed by atoms with E-state index >= 15 is 0 Å². The van der Waals surface area contributed by atoms with E-state index in [0.717, 1.165) is 32.1 Å². The molecule has 0 saturated carbocycles. The van der Waals surface area contributed by atoms with Crippen molar-refractivity contribution < 1.29 is 22.5 Å². The van der Waals surface area contributed by atoms with Crippen molar-refractivity contribution in [3.63, 3.8) is 0 Å². The third kappa shape index (κ3) is 9.12. The van der Waals surface area contributed by atoms with Crippen LogP contribution in [0.3, 0.4) is 0 Å². The highest BCUT2D eigenvalue weighted by Gasteiger charge is 2.20. The molecule has 0 amide bonds. The van der Waals surface area contributed by atoms with E-state index < -0.39 is 22.2 Å². The molecule has 0 radical (unpaired) electrons. The lowest BCUT2D eigenvalue weighted by molar-refractivity contribution is -0.142. The lowest BCUT2D eigenvalue weighted by atomic mass is 10.1. The van der Waals surface area contributed by atoms with Crippen molar-refractivity contribution >= 4 is 16.1 Å². The Kier molecular flexibility index (Phi) is 8.16. The SMILES string of the molecule is CCCCCCCCS(=O)(=O)OC(=O)C(C)O.